The van der Waals surface area contributed by atoms with Gasteiger partial charge in [0, 0.05) is 77.7 Å². The normalized spacial score (nSPS) is 12.5. The molecule has 4 aromatic heterocycles. The summed E-state index contributed by atoms with van der Waals surface area (Å²) in [5, 5.41) is 28.8. The summed E-state index contributed by atoms with van der Waals surface area (Å²) in [5.41, 5.74) is 12.5. The Hall–Kier alpha value is -8.14. The maximum absolute atomic E-state index is 14.4. The van der Waals surface area contributed by atoms with Gasteiger partial charge in [-0.2, -0.15) is 0 Å². The number of benzene rings is 7. The van der Waals surface area contributed by atoms with E-state index in [2.05, 4.69) is 9.97 Å². The number of carbonyl (C=O) groups is 2. The molecule has 56 heavy (non-hydrogen) atoms. The number of fused-ring (bicyclic) bond motifs is 10. The van der Waals surface area contributed by atoms with Crippen molar-refractivity contribution in [3.8, 4) is 0 Å². The van der Waals surface area contributed by atoms with Crippen LogP contribution in [-0.4, -0.2) is 40.2 Å². The number of hydrogen-bond acceptors (Lipinski definition) is 12. The van der Waals surface area contributed by atoms with Gasteiger partial charge in [-0.05, 0) is 61.0 Å². The highest BCUT2D eigenvalue weighted by Crippen LogP contribution is 2.51. The van der Waals surface area contributed by atoms with Crippen molar-refractivity contribution in [2.45, 2.75) is 13.8 Å². The molecule has 0 bridgehead atoms. The summed E-state index contributed by atoms with van der Waals surface area (Å²) in [6, 6.07) is 14.6. The molecule has 11 rings (SSSR count). The summed E-state index contributed by atoms with van der Waals surface area (Å²) in [6.45, 7) is 2.68. The predicted octanol–water partition coefficient (Wildman–Crippen LogP) is 6.63. The number of anilines is 2. The number of carbonyl (C=O) groups excluding carboxylic acids is 2. The zero-order chi connectivity index (χ0) is 39.0. The summed E-state index contributed by atoms with van der Waals surface area (Å²) < 4.78 is 2.58. The number of nitro groups is 2. The van der Waals surface area contributed by atoms with Crippen molar-refractivity contribution >= 4 is 132 Å². The molecule has 7 aromatic carbocycles. The summed E-state index contributed by atoms with van der Waals surface area (Å²) >= 11 is 0. The molecule has 0 atom stereocenters. The Morgan fingerprint density at radius 3 is 1.29 bits per heavy atom. The first-order chi connectivity index (χ1) is 26.8. The van der Waals surface area contributed by atoms with Crippen LogP contribution in [0.5, 0.6) is 0 Å². The highest BCUT2D eigenvalue weighted by molar-refractivity contribution is 6.43. The van der Waals surface area contributed by atoms with E-state index in [0.29, 0.717) is 10.8 Å². The molecule has 268 valence electrons. The second kappa shape index (κ2) is 9.88. The van der Waals surface area contributed by atoms with Crippen molar-refractivity contribution in [2.75, 3.05) is 11.5 Å². The summed E-state index contributed by atoms with van der Waals surface area (Å²) in [7, 11) is 0. The van der Waals surface area contributed by atoms with E-state index in [1.807, 2.05) is 0 Å². The number of imidazole rings is 2. The molecule has 16 heteroatoms. The van der Waals surface area contributed by atoms with Crippen LogP contribution in [0.4, 0.5) is 22.7 Å². The number of nitrogens with two attached hydrogens (primary N) is 2. The van der Waals surface area contributed by atoms with E-state index in [1.165, 1.54) is 83.3 Å². The fraction of sp³-hybridized carbons (Fsp3) is 0.0500. The van der Waals surface area contributed by atoms with Crippen molar-refractivity contribution in [3.05, 3.63) is 113 Å². The van der Waals surface area contributed by atoms with E-state index in [1.54, 1.807) is 0 Å². The van der Waals surface area contributed by atoms with Crippen LogP contribution in [0.3, 0.4) is 0 Å². The maximum Gasteiger partial charge on any atom is 0.278 e. The van der Waals surface area contributed by atoms with Crippen molar-refractivity contribution in [2.24, 2.45) is 0 Å². The average Bonchev–Trinajstić information content (AvgIpc) is 3.72. The van der Waals surface area contributed by atoms with Crippen molar-refractivity contribution in [3.63, 3.8) is 0 Å². The Morgan fingerprint density at radius 2 is 0.929 bits per heavy atom. The zero-order valence-electron chi connectivity index (χ0n) is 28.9. The van der Waals surface area contributed by atoms with Gasteiger partial charge in [0.2, 0.25) is 0 Å². The molecule has 16 nitrogen and oxygen atoms in total. The molecule has 0 amide bonds. The molecule has 0 saturated carbocycles. The summed E-state index contributed by atoms with van der Waals surface area (Å²) in [6.07, 6.45) is 0. The van der Waals surface area contributed by atoms with Crippen LogP contribution in [0.1, 0.15) is 34.6 Å². The number of Topliss-reactive ketones (excluding diaryl/α,β-unsaturated/α-hetero) is 2. The van der Waals surface area contributed by atoms with Crippen LogP contribution in [-0.2, 0) is 0 Å². The number of non-ortho nitro benzene ring substituents is 2. The Kier molecular flexibility index (Phi) is 5.54. The predicted molar refractivity (Wildman–Crippen MR) is 212 cm³/mol. The van der Waals surface area contributed by atoms with Gasteiger partial charge in [0.15, 0.2) is 11.6 Å². The van der Waals surface area contributed by atoms with Gasteiger partial charge in [0.25, 0.3) is 22.5 Å². The average molecular weight is 741 g/mol. The van der Waals surface area contributed by atoms with Gasteiger partial charge in [-0.15, -0.1) is 0 Å². The molecule has 0 radical (unpaired) electrons. The molecule has 4 heterocycles. The van der Waals surface area contributed by atoms with E-state index in [9.17, 15) is 39.4 Å². The highest BCUT2D eigenvalue weighted by atomic mass is 16.6. The van der Waals surface area contributed by atoms with E-state index in [4.69, 9.17) is 11.5 Å². The number of hydrogen-bond donors (Lipinski definition) is 2. The molecule has 4 N–H and O–H groups in total. The largest absolute Gasteiger partial charge is 0.398 e. The molecular weight excluding hydrogens is 720 g/mol. The quantitative estimate of drug-likeness (QED) is 0.0483. The van der Waals surface area contributed by atoms with Crippen LogP contribution in [0.25, 0.3) is 98.0 Å². The van der Waals surface area contributed by atoms with E-state index in [-0.39, 0.29) is 133 Å². The summed E-state index contributed by atoms with van der Waals surface area (Å²) in [4.78, 5) is 88.1. The fourth-order valence-corrected chi connectivity index (χ4v) is 8.96. The Bertz CT molecular complexity index is 3650. The molecule has 0 aliphatic carbocycles. The van der Waals surface area contributed by atoms with Gasteiger partial charge in [-0.25, -0.2) is 9.97 Å². The minimum Gasteiger partial charge on any atom is -0.398 e. The monoisotopic (exact) mass is 740 g/mol. The SMILES string of the molecule is CC(=O)c1cc2c(cc1N)nc1c3cc([N+](=O)[O-])c4c5ccc6c(=O)n7c8cc(C(C)=O)c(N)cc8nc7c7cc([N+](=O)[O-])c(c8ccc(c(=O)n21)c3c84)c5c67. The van der Waals surface area contributed by atoms with Gasteiger partial charge >= 0.3 is 0 Å². The van der Waals surface area contributed by atoms with Crippen LogP contribution in [0.15, 0.2) is 70.3 Å². The third kappa shape index (κ3) is 3.52. The zero-order valence-corrected chi connectivity index (χ0v) is 28.9. The van der Waals surface area contributed by atoms with Crippen LogP contribution in [0.2, 0.25) is 0 Å². The third-order valence-electron chi connectivity index (χ3n) is 11.2. The molecule has 0 aliphatic heterocycles. The first-order valence-electron chi connectivity index (χ1n) is 17.1. The Morgan fingerprint density at radius 1 is 0.554 bits per heavy atom. The van der Waals surface area contributed by atoms with Crippen molar-refractivity contribution in [1.82, 2.24) is 18.8 Å². The Balaban J connectivity index is 1.40. The number of nitro benzene ring substituents is 2. The molecular formula is C40H20N8O8. The van der Waals surface area contributed by atoms with Gasteiger partial charge in [-0.1, -0.05) is 12.1 Å². The van der Waals surface area contributed by atoms with Gasteiger partial charge in [0.05, 0.1) is 42.7 Å². The minimum absolute atomic E-state index is 0.0769. The number of ketones is 2. The number of nitrogen functional groups attached to an aromatic ring is 2. The minimum atomic E-state index is -0.562. The molecule has 0 unspecified atom stereocenters. The van der Waals surface area contributed by atoms with Crippen LogP contribution < -0.4 is 22.6 Å². The van der Waals surface area contributed by atoms with Gasteiger partial charge in [-0.3, -0.25) is 48.2 Å². The lowest BCUT2D eigenvalue weighted by Gasteiger charge is -2.18. The number of nitrogens with zero attached hydrogens (tertiary/aromatic N) is 6. The maximum atomic E-state index is 14.4. The third-order valence-corrected chi connectivity index (χ3v) is 11.2. The second-order valence-corrected chi connectivity index (χ2v) is 14.1. The van der Waals surface area contributed by atoms with Gasteiger partial charge < -0.3 is 11.5 Å². The van der Waals surface area contributed by atoms with Crippen LogP contribution in [0, 0.1) is 20.2 Å². The Labute approximate surface area is 308 Å². The summed E-state index contributed by atoms with van der Waals surface area (Å²) in [5.74, 6) is -0.659. The first-order valence-corrected chi connectivity index (χ1v) is 17.1. The van der Waals surface area contributed by atoms with Gasteiger partial charge in [0.1, 0.15) is 11.3 Å². The number of pyridine rings is 2. The standard InChI is InChI=1S/C40H20N8O8/c1-13(49)19-7-27-25(11-23(19)41)43-37-21-9-29(47(53)54)33-16-4-6-18-32-22(38-44-26-12-24(42)20(14(2)50)8-28(26)46(38)40(18)52)10-30(48(55)56)34(36(16)32)15-3-5-17(31(21)35(15)33)39(51)45(27)37/h3-12H,41-42H2,1-2H3. The van der Waals surface area contributed by atoms with E-state index in [0.717, 1.165) is 0 Å². The molecule has 0 saturated heterocycles. The lowest BCUT2D eigenvalue weighted by atomic mass is 9.84. The molecule has 0 fully saturated rings. The number of aromatic nitrogens is 4. The molecule has 0 aliphatic rings. The molecule has 11 aromatic rings. The second-order valence-electron chi connectivity index (χ2n) is 14.1. The molecule has 0 spiro atoms. The topological polar surface area (TPSA) is 241 Å². The smallest absolute Gasteiger partial charge is 0.278 e. The van der Waals surface area contributed by atoms with Crippen molar-refractivity contribution < 1.29 is 19.4 Å². The number of rotatable bonds is 4. The van der Waals surface area contributed by atoms with Crippen LogP contribution >= 0.6 is 0 Å². The van der Waals surface area contributed by atoms with Crippen molar-refractivity contribution in [1.29, 1.82) is 0 Å². The van der Waals surface area contributed by atoms with E-state index < -0.39 is 21.0 Å². The lowest BCUT2D eigenvalue weighted by Crippen LogP contribution is -2.15. The lowest BCUT2D eigenvalue weighted by molar-refractivity contribution is -0.383. The van der Waals surface area contributed by atoms with E-state index >= 15 is 0 Å². The highest BCUT2D eigenvalue weighted by Gasteiger charge is 2.32. The first kappa shape index (κ1) is 31.4. The fourth-order valence-electron chi connectivity index (χ4n) is 8.96.